The average Bonchev–Trinajstić information content (AvgIpc) is 3.12. The van der Waals surface area contributed by atoms with Crippen LogP contribution in [-0.2, 0) is 9.53 Å². The highest BCUT2D eigenvalue weighted by atomic mass is 32.2. The summed E-state index contributed by atoms with van der Waals surface area (Å²) in [6.07, 6.45) is 8.29. The molecular formula is C19H28N2O3S. The van der Waals surface area contributed by atoms with Gasteiger partial charge in [-0.05, 0) is 49.9 Å². The van der Waals surface area contributed by atoms with Gasteiger partial charge >= 0.3 is 12.0 Å². The fourth-order valence-corrected chi connectivity index (χ4v) is 4.11. The number of thioether (sulfide) groups is 1. The Bertz CT molecular complexity index is 542. The highest BCUT2D eigenvalue weighted by molar-refractivity contribution is 8.00. The summed E-state index contributed by atoms with van der Waals surface area (Å²) in [5, 5.41) is 6.43. The second kappa shape index (κ2) is 11.0. The van der Waals surface area contributed by atoms with Crippen molar-refractivity contribution < 1.29 is 14.3 Å². The number of carbonyl (C=O) groups excluding carboxylic acids is 2. The van der Waals surface area contributed by atoms with Crippen molar-refractivity contribution >= 4 is 29.4 Å². The molecule has 25 heavy (non-hydrogen) atoms. The summed E-state index contributed by atoms with van der Waals surface area (Å²) in [5.41, 5.74) is 0.805. The van der Waals surface area contributed by atoms with Crippen molar-refractivity contribution in [2.24, 2.45) is 0 Å². The first-order valence-electron chi connectivity index (χ1n) is 9.06. The Kier molecular flexibility index (Phi) is 8.66. The molecule has 1 aromatic carbocycles. The van der Waals surface area contributed by atoms with Gasteiger partial charge in [0.2, 0.25) is 0 Å². The summed E-state index contributed by atoms with van der Waals surface area (Å²) >= 11 is 1.94. The zero-order chi connectivity index (χ0) is 17.9. The fraction of sp³-hybridized carbons (Fsp3) is 0.579. The van der Waals surface area contributed by atoms with Crippen LogP contribution in [0.15, 0.2) is 29.2 Å². The highest BCUT2D eigenvalue weighted by Crippen LogP contribution is 2.34. The van der Waals surface area contributed by atoms with Gasteiger partial charge in [-0.25, -0.2) is 4.79 Å². The van der Waals surface area contributed by atoms with Crippen molar-refractivity contribution in [2.45, 2.75) is 61.5 Å². The number of methoxy groups -OCH3 is 1. The number of carbonyl (C=O) groups is 2. The van der Waals surface area contributed by atoms with Gasteiger partial charge in [-0.1, -0.05) is 19.3 Å². The normalized spacial score (nSPS) is 14.3. The van der Waals surface area contributed by atoms with Crippen LogP contribution in [0.3, 0.4) is 0 Å². The van der Waals surface area contributed by atoms with E-state index in [4.69, 9.17) is 0 Å². The second-order valence-electron chi connectivity index (χ2n) is 6.32. The second-order valence-corrected chi connectivity index (χ2v) is 7.69. The SMILES string of the molecule is COC(=O)CCCCCNC(=O)Nc1ccc(SC2CCCC2)cc1. The lowest BCUT2D eigenvalue weighted by Crippen LogP contribution is -2.29. The van der Waals surface area contributed by atoms with Crippen molar-refractivity contribution in [1.82, 2.24) is 5.32 Å². The Morgan fingerprint density at radius 2 is 1.84 bits per heavy atom. The first-order valence-corrected chi connectivity index (χ1v) is 9.94. The van der Waals surface area contributed by atoms with Crippen molar-refractivity contribution in [1.29, 1.82) is 0 Å². The minimum Gasteiger partial charge on any atom is -0.469 e. The van der Waals surface area contributed by atoms with Crippen molar-refractivity contribution in [3.8, 4) is 0 Å². The van der Waals surface area contributed by atoms with Crippen LogP contribution in [0.5, 0.6) is 0 Å². The summed E-state index contributed by atoms with van der Waals surface area (Å²) in [6.45, 7) is 0.600. The summed E-state index contributed by atoms with van der Waals surface area (Å²) in [7, 11) is 1.40. The molecule has 138 valence electrons. The lowest BCUT2D eigenvalue weighted by Gasteiger charge is -2.10. The molecule has 0 radical (unpaired) electrons. The van der Waals surface area contributed by atoms with Crippen LogP contribution in [0, 0.1) is 0 Å². The number of hydrogen-bond donors (Lipinski definition) is 2. The van der Waals surface area contributed by atoms with E-state index in [-0.39, 0.29) is 12.0 Å². The Labute approximate surface area is 154 Å². The van der Waals surface area contributed by atoms with Gasteiger partial charge in [0.1, 0.15) is 0 Å². The molecule has 0 bridgehead atoms. The lowest BCUT2D eigenvalue weighted by atomic mass is 10.2. The maximum absolute atomic E-state index is 11.9. The van der Waals surface area contributed by atoms with Crippen LogP contribution in [-0.4, -0.2) is 30.9 Å². The van der Waals surface area contributed by atoms with E-state index < -0.39 is 0 Å². The molecule has 1 aliphatic rings. The minimum absolute atomic E-state index is 0.180. The largest absolute Gasteiger partial charge is 0.469 e. The summed E-state index contributed by atoms with van der Waals surface area (Å²) in [6, 6.07) is 7.86. The summed E-state index contributed by atoms with van der Waals surface area (Å²) in [4.78, 5) is 24.1. The third kappa shape index (κ3) is 7.82. The third-order valence-electron chi connectivity index (χ3n) is 4.29. The third-order valence-corrected chi connectivity index (χ3v) is 5.64. The number of esters is 1. The Morgan fingerprint density at radius 1 is 1.12 bits per heavy atom. The molecule has 0 saturated heterocycles. The average molecular weight is 365 g/mol. The molecule has 1 fully saturated rings. The van der Waals surface area contributed by atoms with Gasteiger partial charge in [-0.3, -0.25) is 4.79 Å². The maximum Gasteiger partial charge on any atom is 0.319 e. The van der Waals surface area contributed by atoms with Gasteiger partial charge < -0.3 is 15.4 Å². The lowest BCUT2D eigenvalue weighted by molar-refractivity contribution is -0.140. The topological polar surface area (TPSA) is 67.4 Å². The van der Waals surface area contributed by atoms with E-state index in [9.17, 15) is 9.59 Å². The maximum atomic E-state index is 11.9. The molecule has 1 aromatic rings. The number of ether oxygens (including phenoxy) is 1. The van der Waals surface area contributed by atoms with Crippen molar-refractivity contribution in [2.75, 3.05) is 19.0 Å². The van der Waals surface area contributed by atoms with Crippen LogP contribution >= 0.6 is 11.8 Å². The smallest absolute Gasteiger partial charge is 0.319 e. The Hall–Kier alpha value is -1.69. The molecule has 0 aromatic heterocycles. The Balaban J connectivity index is 1.59. The molecule has 1 saturated carbocycles. The number of hydrogen-bond acceptors (Lipinski definition) is 4. The van der Waals surface area contributed by atoms with Gasteiger partial charge in [0, 0.05) is 28.8 Å². The number of nitrogens with one attached hydrogen (secondary N) is 2. The van der Waals surface area contributed by atoms with Gasteiger partial charge in [0.05, 0.1) is 7.11 Å². The zero-order valence-electron chi connectivity index (χ0n) is 14.9. The number of anilines is 1. The number of unbranched alkanes of at least 4 members (excludes halogenated alkanes) is 2. The molecule has 5 nitrogen and oxygen atoms in total. The van der Waals surface area contributed by atoms with E-state index in [1.807, 2.05) is 23.9 Å². The molecule has 2 rings (SSSR count). The fourth-order valence-electron chi connectivity index (χ4n) is 2.87. The van der Waals surface area contributed by atoms with Gasteiger partial charge in [-0.15, -0.1) is 11.8 Å². The van der Waals surface area contributed by atoms with E-state index in [1.54, 1.807) is 0 Å². The van der Waals surface area contributed by atoms with Crippen LogP contribution in [0.25, 0.3) is 0 Å². The molecule has 0 heterocycles. The van der Waals surface area contributed by atoms with Crippen molar-refractivity contribution in [3.63, 3.8) is 0 Å². The molecule has 1 aliphatic carbocycles. The van der Waals surface area contributed by atoms with E-state index in [0.29, 0.717) is 13.0 Å². The number of amides is 2. The van der Waals surface area contributed by atoms with Crippen LogP contribution in [0.2, 0.25) is 0 Å². The summed E-state index contributed by atoms with van der Waals surface area (Å²) in [5.74, 6) is -0.180. The monoisotopic (exact) mass is 364 g/mol. The molecule has 0 unspecified atom stereocenters. The van der Waals surface area contributed by atoms with Crippen LogP contribution in [0.1, 0.15) is 51.4 Å². The van der Waals surface area contributed by atoms with E-state index in [1.165, 1.54) is 37.7 Å². The van der Waals surface area contributed by atoms with E-state index in [0.717, 1.165) is 30.2 Å². The zero-order valence-corrected chi connectivity index (χ0v) is 15.7. The van der Waals surface area contributed by atoms with Gasteiger partial charge in [0.25, 0.3) is 0 Å². The molecule has 6 heteroatoms. The predicted octanol–water partition coefficient (Wildman–Crippen LogP) is 4.58. The molecule has 0 spiro atoms. The first-order chi connectivity index (χ1) is 12.2. The number of rotatable bonds is 9. The quantitative estimate of drug-likeness (QED) is 0.497. The van der Waals surface area contributed by atoms with Crippen LogP contribution in [0.4, 0.5) is 10.5 Å². The standard InChI is InChI=1S/C19H28N2O3S/c1-24-18(22)9-3-2-6-14-20-19(23)21-15-10-12-17(13-11-15)25-16-7-4-5-8-16/h10-13,16H,2-9,14H2,1H3,(H2,20,21,23). The van der Waals surface area contributed by atoms with E-state index in [2.05, 4.69) is 27.5 Å². The number of benzene rings is 1. The van der Waals surface area contributed by atoms with E-state index >= 15 is 0 Å². The highest BCUT2D eigenvalue weighted by Gasteiger charge is 2.15. The molecule has 2 N–H and O–H groups in total. The molecule has 0 aliphatic heterocycles. The molecule has 0 atom stereocenters. The van der Waals surface area contributed by atoms with Gasteiger partial charge in [-0.2, -0.15) is 0 Å². The van der Waals surface area contributed by atoms with Crippen molar-refractivity contribution in [3.05, 3.63) is 24.3 Å². The molecule has 2 amide bonds. The minimum atomic E-state index is -0.191. The van der Waals surface area contributed by atoms with Gasteiger partial charge in [0.15, 0.2) is 0 Å². The first kappa shape index (κ1) is 19.6. The number of urea groups is 1. The Morgan fingerprint density at radius 3 is 2.52 bits per heavy atom. The molecular weight excluding hydrogens is 336 g/mol. The van der Waals surface area contributed by atoms with Crippen LogP contribution < -0.4 is 10.6 Å². The predicted molar refractivity (Wildman–Crippen MR) is 102 cm³/mol. The summed E-state index contributed by atoms with van der Waals surface area (Å²) < 4.78 is 4.59.